The molecule has 1 atom stereocenters. The zero-order valence-electron chi connectivity index (χ0n) is 10.9. The maximum atomic E-state index is 12.1. The Labute approximate surface area is 102 Å². The van der Waals surface area contributed by atoms with Crippen LogP contribution >= 0.6 is 0 Å². The van der Waals surface area contributed by atoms with Crippen LogP contribution in [0.4, 0.5) is 5.82 Å². The Morgan fingerprint density at radius 3 is 2.65 bits per heavy atom. The average molecular weight is 239 g/mol. The molecular formula is C12H21N3O2. The molecule has 0 aliphatic carbocycles. The van der Waals surface area contributed by atoms with E-state index < -0.39 is 0 Å². The molecule has 1 aromatic heterocycles. The highest BCUT2D eigenvalue weighted by Gasteiger charge is 2.11. The lowest BCUT2D eigenvalue weighted by Crippen LogP contribution is -2.32. The van der Waals surface area contributed by atoms with Crippen molar-refractivity contribution < 1.29 is 5.11 Å². The molecule has 0 radical (unpaired) electrons. The minimum absolute atomic E-state index is 0.0874. The van der Waals surface area contributed by atoms with Crippen LogP contribution in [0.3, 0.4) is 0 Å². The van der Waals surface area contributed by atoms with Gasteiger partial charge >= 0.3 is 0 Å². The first-order chi connectivity index (χ1) is 7.93. The average Bonchev–Trinajstić information content (AvgIpc) is 2.25. The SMILES string of the molecule is CC(O)CCN(C)c1nccn(C(C)C)c1=O. The number of aliphatic hydroxyl groups is 1. The molecule has 0 spiro atoms. The molecule has 96 valence electrons. The molecule has 5 heteroatoms. The number of nitrogens with zero attached hydrogens (tertiary/aromatic N) is 3. The Hall–Kier alpha value is -1.36. The second-order valence-electron chi connectivity index (χ2n) is 4.62. The monoisotopic (exact) mass is 239 g/mol. The van der Waals surface area contributed by atoms with Gasteiger partial charge in [0, 0.05) is 32.0 Å². The molecule has 17 heavy (non-hydrogen) atoms. The molecule has 0 aliphatic rings. The van der Waals surface area contributed by atoms with Crippen LogP contribution in [-0.2, 0) is 0 Å². The summed E-state index contributed by atoms with van der Waals surface area (Å²) in [6.07, 6.45) is 3.58. The van der Waals surface area contributed by atoms with E-state index >= 15 is 0 Å². The lowest BCUT2D eigenvalue weighted by molar-refractivity contribution is 0.186. The van der Waals surface area contributed by atoms with Gasteiger partial charge in [0.15, 0.2) is 5.82 Å². The first-order valence-electron chi connectivity index (χ1n) is 5.89. The van der Waals surface area contributed by atoms with Gasteiger partial charge in [-0.15, -0.1) is 0 Å². The van der Waals surface area contributed by atoms with Gasteiger partial charge in [-0.3, -0.25) is 4.79 Å². The fourth-order valence-electron chi connectivity index (χ4n) is 1.57. The molecule has 0 amide bonds. The molecule has 1 heterocycles. The van der Waals surface area contributed by atoms with E-state index in [4.69, 9.17) is 0 Å². The van der Waals surface area contributed by atoms with Gasteiger partial charge in [-0.05, 0) is 27.2 Å². The maximum absolute atomic E-state index is 12.1. The van der Waals surface area contributed by atoms with E-state index in [1.807, 2.05) is 20.9 Å². The fraction of sp³-hybridized carbons (Fsp3) is 0.667. The number of hydrogen-bond acceptors (Lipinski definition) is 4. The van der Waals surface area contributed by atoms with E-state index in [1.54, 1.807) is 28.8 Å². The van der Waals surface area contributed by atoms with Crippen molar-refractivity contribution in [3.8, 4) is 0 Å². The standard InChI is InChI=1S/C12H21N3O2/c1-9(2)15-8-6-13-11(12(15)17)14(4)7-5-10(3)16/h6,8-10,16H,5,7H2,1-4H3. The maximum Gasteiger partial charge on any atom is 0.293 e. The van der Waals surface area contributed by atoms with Gasteiger partial charge in [-0.1, -0.05) is 0 Å². The number of rotatable bonds is 5. The summed E-state index contributed by atoms with van der Waals surface area (Å²) in [5.41, 5.74) is -0.0874. The molecule has 0 saturated heterocycles. The van der Waals surface area contributed by atoms with E-state index in [0.29, 0.717) is 18.8 Å². The Morgan fingerprint density at radius 1 is 1.47 bits per heavy atom. The molecule has 1 aromatic rings. The lowest BCUT2D eigenvalue weighted by atomic mass is 10.3. The van der Waals surface area contributed by atoms with Crippen LogP contribution in [0.2, 0.25) is 0 Å². The van der Waals surface area contributed by atoms with Crippen molar-refractivity contribution in [1.82, 2.24) is 9.55 Å². The van der Waals surface area contributed by atoms with E-state index in [0.717, 1.165) is 0 Å². The summed E-state index contributed by atoms with van der Waals surface area (Å²) in [7, 11) is 1.82. The summed E-state index contributed by atoms with van der Waals surface area (Å²) in [5.74, 6) is 0.432. The highest BCUT2D eigenvalue weighted by molar-refractivity contribution is 5.34. The Kier molecular flexibility index (Phi) is 4.69. The minimum atomic E-state index is -0.367. The summed E-state index contributed by atoms with van der Waals surface area (Å²) < 4.78 is 1.65. The molecule has 5 nitrogen and oxygen atoms in total. The third-order valence-corrected chi connectivity index (χ3v) is 2.65. The van der Waals surface area contributed by atoms with Crippen molar-refractivity contribution in [3.63, 3.8) is 0 Å². The molecular weight excluding hydrogens is 218 g/mol. The molecule has 1 rings (SSSR count). The molecule has 0 aliphatic heterocycles. The molecule has 1 N–H and O–H groups in total. The fourth-order valence-corrected chi connectivity index (χ4v) is 1.57. The van der Waals surface area contributed by atoms with Crippen LogP contribution in [0.25, 0.3) is 0 Å². The first kappa shape index (κ1) is 13.7. The second kappa shape index (κ2) is 5.82. The highest BCUT2D eigenvalue weighted by Crippen LogP contribution is 2.06. The van der Waals surface area contributed by atoms with Crippen LogP contribution in [0, 0.1) is 0 Å². The van der Waals surface area contributed by atoms with Crippen molar-refractivity contribution in [3.05, 3.63) is 22.7 Å². The number of hydrogen-bond donors (Lipinski definition) is 1. The predicted octanol–water partition coefficient (Wildman–Crippen LogP) is 1.03. The summed E-state index contributed by atoms with van der Waals surface area (Å²) in [5, 5.41) is 9.23. The molecule has 0 fully saturated rings. The zero-order chi connectivity index (χ0) is 13.0. The zero-order valence-corrected chi connectivity index (χ0v) is 10.9. The van der Waals surface area contributed by atoms with Gasteiger partial charge in [0.05, 0.1) is 6.10 Å². The summed E-state index contributed by atoms with van der Waals surface area (Å²) in [4.78, 5) is 18.0. The third-order valence-electron chi connectivity index (χ3n) is 2.65. The Bertz CT molecular complexity index is 412. The van der Waals surface area contributed by atoms with Gasteiger partial charge in [0.1, 0.15) is 0 Å². The van der Waals surface area contributed by atoms with E-state index in [9.17, 15) is 9.90 Å². The largest absolute Gasteiger partial charge is 0.393 e. The van der Waals surface area contributed by atoms with Gasteiger partial charge in [-0.25, -0.2) is 4.98 Å². The highest BCUT2D eigenvalue weighted by atomic mass is 16.3. The topological polar surface area (TPSA) is 58.4 Å². The van der Waals surface area contributed by atoms with Crippen molar-refractivity contribution in [1.29, 1.82) is 0 Å². The second-order valence-corrected chi connectivity index (χ2v) is 4.62. The normalized spacial score (nSPS) is 12.8. The minimum Gasteiger partial charge on any atom is -0.393 e. The van der Waals surface area contributed by atoms with E-state index in [1.165, 1.54) is 0 Å². The summed E-state index contributed by atoms with van der Waals surface area (Å²) in [6, 6.07) is 0.120. The first-order valence-corrected chi connectivity index (χ1v) is 5.89. The molecule has 0 aromatic carbocycles. The predicted molar refractivity (Wildman–Crippen MR) is 68.4 cm³/mol. The lowest BCUT2D eigenvalue weighted by Gasteiger charge is -2.19. The van der Waals surface area contributed by atoms with Crippen LogP contribution in [0.5, 0.6) is 0 Å². The Balaban J connectivity index is 2.91. The van der Waals surface area contributed by atoms with Gasteiger partial charge in [0.2, 0.25) is 0 Å². The van der Waals surface area contributed by atoms with E-state index in [-0.39, 0.29) is 17.7 Å². The Morgan fingerprint density at radius 2 is 2.12 bits per heavy atom. The molecule has 1 unspecified atom stereocenters. The smallest absolute Gasteiger partial charge is 0.293 e. The van der Waals surface area contributed by atoms with Crippen molar-refractivity contribution in [2.45, 2.75) is 39.3 Å². The summed E-state index contributed by atoms with van der Waals surface area (Å²) >= 11 is 0. The van der Waals surface area contributed by atoms with Gasteiger partial charge in [0.25, 0.3) is 5.56 Å². The quantitative estimate of drug-likeness (QED) is 0.834. The third kappa shape index (κ3) is 3.56. The van der Waals surface area contributed by atoms with Crippen molar-refractivity contribution >= 4 is 5.82 Å². The van der Waals surface area contributed by atoms with Crippen LogP contribution in [-0.4, -0.2) is 34.4 Å². The number of aromatic nitrogens is 2. The van der Waals surface area contributed by atoms with Gasteiger partial charge < -0.3 is 14.6 Å². The van der Waals surface area contributed by atoms with Gasteiger partial charge in [-0.2, -0.15) is 0 Å². The summed E-state index contributed by atoms with van der Waals surface area (Å²) in [6.45, 7) is 6.27. The van der Waals surface area contributed by atoms with Crippen molar-refractivity contribution in [2.75, 3.05) is 18.5 Å². The van der Waals surface area contributed by atoms with Crippen LogP contribution < -0.4 is 10.5 Å². The number of anilines is 1. The van der Waals surface area contributed by atoms with Crippen LogP contribution in [0.15, 0.2) is 17.2 Å². The van der Waals surface area contributed by atoms with Crippen molar-refractivity contribution in [2.24, 2.45) is 0 Å². The number of aliphatic hydroxyl groups excluding tert-OH is 1. The molecule has 0 bridgehead atoms. The van der Waals surface area contributed by atoms with Crippen LogP contribution in [0.1, 0.15) is 33.2 Å². The van der Waals surface area contributed by atoms with E-state index in [2.05, 4.69) is 4.98 Å². The molecule has 0 saturated carbocycles.